The molecule has 0 unspecified atom stereocenters. The van der Waals surface area contributed by atoms with E-state index in [4.69, 9.17) is 25.7 Å². The van der Waals surface area contributed by atoms with Crippen LogP contribution in [0.2, 0.25) is 0 Å². The van der Waals surface area contributed by atoms with Crippen molar-refractivity contribution in [1.29, 1.82) is 5.41 Å². The molecule has 1 aromatic carbocycles. The first-order valence-electron chi connectivity index (χ1n) is 12.4. The van der Waals surface area contributed by atoms with Crippen LogP contribution in [0.25, 0.3) is 27.5 Å². The van der Waals surface area contributed by atoms with Gasteiger partial charge in [0.15, 0.2) is 0 Å². The van der Waals surface area contributed by atoms with Crippen LogP contribution >= 0.6 is 0 Å². The summed E-state index contributed by atoms with van der Waals surface area (Å²) in [4.78, 5) is 25.6. The number of hydrogen-bond acceptors (Lipinski definition) is 9. The highest BCUT2D eigenvalue weighted by Crippen LogP contribution is 2.31. The van der Waals surface area contributed by atoms with Crippen molar-refractivity contribution in [1.82, 2.24) is 20.2 Å². The molecule has 0 bridgehead atoms. The number of aromatic amines is 1. The van der Waals surface area contributed by atoms with Gasteiger partial charge in [-0.15, -0.1) is 0 Å². The molecule has 2 aliphatic rings. The van der Waals surface area contributed by atoms with Crippen molar-refractivity contribution in [2.24, 2.45) is 16.2 Å². The SMILES string of the molecule is N=C/C(=C\NCCN1CCOCC1)c1cc(C(=O)N=NN)c2[nH]c3cc(N4CCOCC4)ccc3c2n1. The Morgan fingerprint density at radius 2 is 1.92 bits per heavy atom. The molecule has 0 saturated carbocycles. The van der Waals surface area contributed by atoms with Crippen LogP contribution < -0.4 is 16.1 Å². The first-order chi connectivity index (χ1) is 18.2. The van der Waals surface area contributed by atoms with Gasteiger partial charge in [-0.25, -0.2) is 4.98 Å². The van der Waals surface area contributed by atoms with Crippen molar-refractivity contribution < 1.29 is 14.3 Å². The third-order valence-electron chi connectivity index (χ3n) is 6.68. The van der Waals surface area contributed by atoms with E-state index in [2.05, 4.69) is 42.6 Å². The second kappa shape index (κ2) is 11.5. The summed E-state index contributed by atoms with van der Waals surface area (Å²) in [6, 6.07) is 7.74. The smallest absolute Gasteiger partial charge is 0.299 e. The fraction of sp³-hybridized carbons (Fsp3) is 0.400. The lowest BCUT2D eigenvalue weighted by Gasteiger charge is -2.28. The average Bonchev–Trinajstić information content (AvgIpc) is 3.31. The van der Waals surface area contributed by atoms with Crippen LogP contribution in [0, 0.1) is 5.41 Å². The number of rotatable bonds is 8. The average molecular weight is 506 g/mol. The Morgan fingerprint density at radius 3 is 2.65 bits per heavy atom. The molecule has 194 valence electrons. The van der Waals surface area contributed by atoms with Crippen LogP contribution in [0.1, 0.15) is 16.1 Å². The van der Waals surface area contributed by atoms with Crippen molar-refractivity contribution in [3.8, 4) is 0 Å². The van der Waals surface area contributed by atoms with Crippen molar-refractivity contribution in [2.45, 2.75) is 0 Å². The predicted octanol–water partition coefficient (Wildman–Crippen LogP) is 1.93. The van der Waals surface area contributed by atoms with Crippen LogP contribution in [0.4, 0.5) is 5.69 Å². The molecule has 0 spiro atoms. The number of carbonyl (C=O) groups excluding carboxylic acids is 1. The number of pyridine rings is 1. The minimum Gasteiger partial charge on any atom is -0.389 e. The lowest BCUT2D eigenvalue weighted by molar-refractivity contribution is 0.0388. The molecular formula is C25H31N9O3. The number of carbonyl (C=O) groups is 1. The number of anilines is 1. The van der Waals surface area contributed by atoms with Gasteiger partial charge in [0, 0.05) is 68.3 Å². The molecule has 2 saturated heterocycles. The number of fused-ring (bicyclic) bond motifs is 3. The summed E-state index contributed by atoms with van der Waals surface area (Å²) in [6.45, 7) is 7.93. The number of benzene rings is 1. The Bertz CT molecular complexity index is 1340. The van der Waals surface area contributed by atoms with Gasteiger partial charge in [0.1, 0.15) is 0 Å². The third-order valence-corrected chi connectivity index (χ3v) is 6.68. The molecule has 2 aromatic heterocycles. The Balaban J connectivity index is 1.48. The number of H-pyrrole nitrogens is 1. The van der Waals surface area contributed by atoms with E-state index in [9.17, 15) is 4.79 Å². The minimum absolute atomic E-state index is 0.291. The number of nitrogens with zero attached hydrogens (tertiary/aromatic N) is 5. The molecule has 5 N–H and O–H groups in total. The normalized spacial score (nSPS) is 17.6. The van der Waals surface area contributed by atoms with E-state index >= 15 is 0 Å². The Labute approximate surface area is 214 Å². The van der Waals surface area contributed by atoms with Gasteiger partial charge in [-0.1, -0.05) is 10.3 Å². The lowest BCUT2D eigenvalue weighted by Crippen LogP contribution is -2.39. The topological polar surface area (TPSA) is 157 Å². The zero-order chi connectivity index (χ0) is 25.6. The summed E-state index contributed by atoms with van der Waals surface area (Å²) < 4.78 is 10.9. The van der Waals surface area contributed by atoms with Gasteiger partial charge in [-0.05, 0) is 24.3 Å². The molecule has 4 heterocycles. The number of hydrogen-bond donors (Lipinski definition) is 4. The highest BCUT2D eigenvalue weighted by Gasteiger charge is 2.20. The zero-order valence-corrected chi connectivity index (χ0v) is 20.6. The standard InChI is InChI=1S/C25H31N9O3/c26-15-17(16-28-3-4-33-5-9-36-10-6-33)21-14-20(25(35)31-32-27)24-23(29-21)19-2-1-18(13-22(19)30-24)34-7-11-37-12-8-34/h1-2,13-16,26,28,30H,3-12H2,(H2,27,31,35)/b17-16+,26-15?. The number of nitrogens with two attached hydrogens (primary N) is 1. The number of morpholine rings is 2. The maximum absolute atomic E-state index is 12.8. The summed E-state index contributed by atoms with van der Waals surface area (Å²) in [5.41, 5.74) is 4.42. The number of aromatic nitrogens is 2. The van der Waals surface area contributed by atoms with Gasteiger partial charge >= 0.3 is 0 Å². The number of ether oxygens (including phenoxy) is 2. The molecule has 3 aromatic rings. The van der Waals surface area contributed by atoms with Crippen LogP contribution in [-0.4, -0.2) is 92.7 Å². The van der Waals surface area contributed by atoms with Gasteiger partial charge in [0.05, 0.1) is 54.2 Å². The largest absolute Gasteiger partial charge is 0.389 e. The molecule has 2 aliphatic heterocycles. The van der Waals surface area contributed by atoms with E-state index in [1.807, 2.05) is 6.07 Å². The fourth-order valence-electron chi connectivity index (χ4n) is 4.70. The van der Waals surface area contributed by atoms with Crippen LogP contribution in [0.5, 0.6) is 0 Å². The van der Waals surface area contributed by atoms with E-state index in [1.165, 1.54) is 6.21 Å². The van der Waals surface area contributed by atoms with Gasteiger partial charge in [0.25, 0.3) is 5.91 Å². The summed E-state index contributed by atoms with van der Waals surface area (Å²) >= 11 is 0. The molecule has 0 atom stereocenters. The van der Waals surface area contributed by atoms with Crippen LogP contribution in [-0.2, 0) is 9.47 Å². The molecule has 0 aliphatic carbocycles. The van der Waals surface area contributed by atoms with Gasteiger partial charge in [-0.3, -0.25) is 9.69 Å². The Hall–Kier alpha value is -3.87. The van der Waals surface area contributed by atoms with Gasteiger partial charge in [-0.2, -0.15) is 0 Å². The second-order valence-corrected chi connectivity index (χ2v) is 8.91. The summed E-state index contributed by atoms with van der Waals surface area (Å²) in [6.07, 6.45) is 2.98. The monoisotopic (exact) mass is 505 g/mol. The summed E-state index contributed by atoms with van der Waals surface area (Å²) in [5.74, 6) is 4.60. The lowest BCUT2D eigenvalue weighted by atomic mass is 10.1. The van der Waals surface area contributed by atoms with E-state index in [0.29, 0.717) is 47.6 Å². The maximum Gasteiger partial charge on any atom is 0.299 e. The van der Waals surface area contributed by atoms with Crippen molar-refractivity contribution in [2.75, 3.05) is 70.6 Å². The van der Waals surface area contributed by atoms with E-state index < -0.39 is 5.91 Å². The molecular weight excluding hydrogens is 474 g/mol. The van der Waals surface area contributed by atoms with Crippen LogP contribution in [0.3, 0.4) is 0 Å². The van der Waals surface area contributed by atoms with Gasteiger partial charge < -0.3 is 35.9 Å². The second-order valence-electron chi connectivity index (χ2n) is 8.91. The van der Waals surface area contributed by atoms with Crippen LogP contribution in [0.15, 0.2) is 40.8 Å². The van der Waals surface area contributed by atoms with Gasteiger partial charge in [0.2, 0.25) is 0 Å². The molecule has 12 heteroatoms. The first kappa shape index (κ1) is 24.8. The molecule has 0 radical (unpaired) electrons. The summed E-state index contributed by atoms with van der Waals surface area (Å²) in [5, 5.41) is 18.9. The zero-order valence-electron chi connectivity index (χ0n) is 20.6. The number of allylic oxidation sites excluding steroid dienone is 1. The molecule has 12 nitrogen and oxygen atoms in total. The van der Waals surface area contributed by atoms with Crippen molar-refractivity contribution in [3.05, 3.63) is 41.7 Å². The number of amides is 1. The third kappa shape index (κ3) is 5.45. The molecule has 2 fully saturated rings. The minimum atomic E-state index is -0.583. The number of nitrogens with one attached hydrogen (secondary N) is 3. The Morgan fingerprint density at radius 1 is 1.16 bits per heavy atom. The van der Waals surface area contributed by atoms with E-state index in [1.54, 1.807) is 12.3 Å². The Kier molecular flexibility index (Phi) is 7.68. The fourth-order valence-corrected chi connectivity index (χ4v) is 4.70. The summed E-state index contributed by atoms with van der Waals surface area (Å²) in [7, 11) is 0. The predicted molar refractivity (Wildman–Crippen MR) is 142 cm³/mol. The molecule has 5 rings (SSSR count). The van der Waals surface area contributed by atoms with Crippen molar-refractivity contribution >= 4 is 45.3 Å². The first-order valence-corrected chi connectivity index (χ1v) is 12.4. The van der Waals surface area contributed by atoms with Crippen molar-refractivity contribution in [3.63, 3.8) is 0 Å². The van der Waals surface area contributed by atoms with E-state index in [-0.39, 0.29) is 0 Å². The highest BCUT2D eigenvalue weighted by atomic mass is 16.5. The highest BCUT2D eigenvalue weighted by molar-refractivity contribution is 6.16. The quantitative estimate of drug-likeness (QED) is 0.119. The molecule has 1 amide bonds. The van der Waals surface area contributed by atoms with E-state index in [0.717, 1.165) is 62.5 Å². The maximum atomic E-state index is 12.8. The molecule has 37 heavy (non-hydrogen) atoms.